The van der Waals surface area contributed by atoms with Crippen LogP contribution in [-0.2, 0) is 19.1 Å². The fourth-order valence-electron chi connectivity index (χ4n) is 7.55. The van der Waals surface area contributed by atoms with Crippen LogP contribution in [0.1, 0.15) is 72.1 Å². The van der Waals surface area contributed by atoms with Crippen LogP contribution in [0, 0.1) is 34.5 Å². The van der Waals surface area contributed by atoms with E-state index in [2.05, 4.69) is 19.9 Å². The van der Waals surface area contributed by atoms with Gasteiger partial charge in [-0.2, -0.15) is 0 Å². The minimum atomic E-state index is -0.141. The third-order valence-electron chi connectivity index (χ3n) is 8.94. The standard InChI is InChI=1S/C23H34O4/c1-14(24)27-16-9-11-22(2)15(13-16)5-6-17-18-7-8-20(21(25)26-4)23(18,3)12-10-19(17)22/h8,15-19H,5-7,9-13H2,1-4H3/t15-,16-,17-,18-,19-,22-,23-/m0/s1. The number of methoxy groups -OCH3 is 1. The van der Waals surface area contributed by atoms with Gasteiger partial charge in [0.25, 0.3) is 0 Å². The van der Waals surface area contributed by atoms with E-state index in [4.69, 9.17) is 9.47 Å². The maximum atomic E-state index is 12.3. The Morgan fingerprint density at radius 3 is 2.56 bits per heavy atom. The topological polar surface area (TPSA) is 52.6 Å². The maximum Gasteiger partial charge on any atom is 0.333 e. The van der Waals surface area contributed by atoms with Gasteiger partial charge >= 0.3 is 11.9 Å². The summed E-state index contributed by atoms with van der Waals surface area (Å²) >= 11 is 0. The first-order chi connectivity index (χ1) is 12.8. The molecule has 0 spiro atoms. The molecule has 0 unspecified atom stereocenters. The summed E-state index contributed by atoms with van der Waals surface area (Å²) in [4.78, 5) is 23.7. The molecule has 0 saturated heterocycles. The predicted molar refractivity (Wildman–Crippen MR) is 103 cm³/mol. The van der Waals surface area contributed by atoms with E-state index >= 15 is 0 Å². The van der Waals surface area contributed by atoms with Crippen molar-refractivity contribution in [2.45, 2.75) is 78.2 Å². The van der Waals surface area contributed by atoms with Gasteiger partial charge in [-0.1, -0.05) is 19.9 Å². The molecular formula is C23H34O4. The minimum Gasteiger partial charge on any atom is -0.466 e. The molecule has 4 aliphatic carbocycles. The van der Waals surface area contributed by atoms with Crippen LogP contribution in [0.4, 0.5) is 0 Å². The monoisotopic (exact) mass is 374 g/mol. The van der Waals surface area contributed by atoms with Crippen molar-refractivity contribution in [2.75, 3.05) is 7.11 Å². The lowest BCUT2D eigenvalue weighted by molar-refractivity contribution is -0.159. The molecule has 4 nitrogen and oxygen atoms in total. The highest BCUT2D eigenvalue weighted by atomic mass is 16.5. The van der Waals surface area contributed by atoms with Gasteiger partial charge in [-0.15, -0.1) is 0 Å². The summed E-state index contributed by atoms with van der Waals surface area (Å²) in [6, 6.07) is 0. The van der Waals surface area contributed by atoms with E-state index in [-0.39, 0.29) is 23.5 Å². The van der Waals surface area contributed by atoms with E-state index < -0.39 is 0 Å². The van der Waals surface area contributed by atoms with Gasteiger partial charge in [0.2, 0.25) is 0 Å². The smallest absolute Gasteiger partial charge is 0.333 e. The molecule has 150 valence electrons. The SMILES string of the molecule is COC(=O)C1=CC[C@H]2[C@@H]3CC[C@H]4C[C@@H](OC(C)=O)CC[C@]4(C)[C@H]3CC[C@]12C. The summed E-state index contributed by atoms with van der Waals surface area (Å²) in [5.41, 5.74) is 1.28. The Morgan fingerprint density at radius 1 is 1.07 bits per heavy atom. The summed E-state index contributed by atoms with van der Waals surface area (Å²) in [5, 5.41) is 0. The van der Waals surface area contributed by atoms with Gasteiger partial charge in [-0.25, -0.2) is 4.79 Å². The van der Waals surface area contributed by atoms with E-state index in [9.17, 15) is 9.59 Å². The van der Waals surface area contributed by atoms with Crippen molar-refractivity contribution < 1.29 is 19.1 Å². The van der Waals surface area contributed by atoms with Crippen molar-refractivity contribution in [1.82, 2.24) is 0 Å². The molecule has 0 N–H and O–H groups in total. The molecule has 0 aromatic heterocycles. The number of ether oxygens (including phenoxy) is 2. The van der Waals surface area contributed by atoms with Crippen LogP contribution in [-0.4, -0.2) is 25.2 Å². The number of carbonyl (C=O) groups is 2. The Hall–Kier alpha value is -1.32. The van der Waals surface area contributed by atoms with Crippen LogP contribution in [0.5, 0.6) is 0 Å². The number of esters is 2. The van der Waals surface area contributed by atoms with Gasteiger partial charge in [0.1, 0.15) is 6.10 Å². The Kier molecular flexibility index (Phi) is 4.67. The van der Waals surface area contributed by atoms with Crippen molar-refractivity contribution in [1.29, 1.82) is 0 Å². The molecule has 4 heteroatoms. The fourth-order valence-corrected chi connectivity index (χ4v) is 7.55. The largest absolute Gasteiger partial charge is 0.466 e. The zero-order valence-electron chi connectivity index (χ0n) is 17.3. The molecule has 7 atom stereocenters. The number of allylic oxidation sites excluding steroid dienone is 1. The highest BCUT2D eigenvalue weighted by molar-refractivity contribution is 5.90. The summed E-state index contributed by atoms with van der Waals surface area (Å²) in [7, 11) is 1.50. The van der Waals surface area contributed by atoms with E-state index in [1.54, 1.807) is 0 Å². The van der Waals surface area contributed by atoms with Crippen LogP contribution in [0.3, 0.4) is 0 Å². The molecular weight excluding hydrogens is 340 g/mol. The average Bonchev–Trinajstić information content (AvgIpc) is 2.98. The van der Waals surface area contributed by atoms with Crippen LogP contribution >= 0.6 is 0 Å². The second kappa shape index (κ2) is 6.63. The van der Waals surface area contributed by atoms with Gasteiger partial charge in [-0.3, -0.25) is 4.79 Å². The number of rotatable bonds is 2. The average molecular weight is 375 g/mol. The zero-order valence-corrected chi connectivity index (χ0v) is 17.3. The number of fused-ring (bicyclic) bond motifs is 5. The number of hydrogen-bond acceptors (Lipinski definition) is 4. The van der Waals surface area contributed by atoms with E-state index in [0.29, 0.717) is 23.2 Å². The summed E-state index contributed by atoms with van der Waals surface area (Å²) in [6.07, 6.45) is 11.3. The Morgan fingerprint density at radius 2 is 1.85 bits per heavy atom. The van der Waals surface area contributed by atoms with Crippen molar-refractivity contribution in [2.24, 2.45) is 34.5 Å². The van der Waals surface area contributed by atoms with Crippen LogP contribution in [0.2, 0.25) is 0 Å². The van der Waals surface area contributed by atoms with Crippen LogP contribution in [0.25, 0.3) is 0 Å². The zero-order chi connectivity index (χ0) is 19.4. The predicted octanol–water partition coefficient (Wildman–Crippen LogP) is 4.67. The molecule has 0 aliphatic heterocycles. The van der Waals surface area contributed by atoms with Crippen molar-refractivity contribution in [3.63, 3.8) is 0 Å². The van der Waals surface area contributed by atoms with Gasteiger partial charge in [0.15, 0.2) is 0 Å². The van der Waals surface area contributed by atoms with Crippen molar-refractivity contribution >= 4 is 11.9 Å². The van der Waals surface area contributed by atoms with Crippen LogP contribution < -0.4 is 0 Å². The summed E-state index contributed by atoms with van der Waals surface area (Å²) in [5.74, 6) is 2.41. The molecule has 0 bridgehead atoms. The lowest BCUT2D eigenvalue weighted by atomic mass is 9.44. The van der Waals surface area contributed by atoms with Gasteiger partial charge in [-0.05, 0) is 80.5 Å². The van der Waals surface area contributed by atoms with E-state index in [1.165, 1.54) is 33.3 Å². The first-order valence-corrected chi connectivity index (χ1v) is 10.8. The fraction of sp³-hybridized carbons (Fsp3) is 0.826. The Bertz CT molecular complexity index is 667. The molecule has 4 rings (SSSR count). The Labute approximate surface area is 163 Å². The molecule has 3 saturated carbocycles. The van der Waals surface area contributed by atoms with Crippen LogP contribution in [0.15, 0.2) is 11.6 Å². The first kappa shape index (κ1) is 19.0. The molecule has 0 amide bonds. The number of hydrogen-bond donors (Lipinski definition) is 0. The number of carbonyl (C=O) groups excluding carboxylic acids is 2. The first-order valence-electron chi connectivity index (χ1n) is 10.8. The molecule has 0 aromatic carbocycles. The lowest BCUT2D eigenvalue weighted by Gasteiger charge is -2.60. The molecule has 0 radical (unpaired) electrons. The van der Waals surface area contributed by atoms with E-state index in [0.717, 1.165) is 43.6 Å². The summed E-state index contributed by atoms with van der Waals surface area (Å²) < 4.78 is 10.6. The Balaban J connectivity index is 1.53. The normalized spacial score (nSPS) is 45.8. The second-order valence-electron chi connectivity index (χ2n) is 9.96. The molecule has 3 fully saturated rings. The quantitative estimate of drug-likeness (QED) is 0.659. The molecule has 4 aliphatic rings. The molecule has 27 heavy (non-hydrogen) atoms. The lowest BCUT2D eigenvalue weighted by Crippen LogP contribution is -2.54. The van der Waals surface area contributed by atoms with Gasteiger partial charge in [0, 0.05) is 17.9 Å². The minimum absolute atomic E-state index is 0.00754. The second-order valence-corrected chi connectivity index (χ2v) is 9.96. The van der Waals surface area contributed by atoms with Crippen molar-refractivity contribution in [3.8, 4) is 0 Å². The molecule has 0 aromatic rings. The highest BCUT2D eigenvalue weighted by Crippen LogP contribution is 2.66. The molecule has 0 heterocycles. The van der Waals surface area contributed by atoms with Gasteiger partial charge in [0.05, 0.1) is 7.11 Å². The summed E-state index contributed by atoms with van der Waals surface area (Å²) in [6.45, 7) is 6.33. The van der Waals surface area contributed by atoms with Gasteiger partial charge < -0.3 is 9.47 Å². The van der Waals surface area contributed by atoms with Crippen molar-refractivity contribution in [3.05, 3.63) is 11.6 Å². The maximum absolute atomic E-state index is 12.3. The third kappa shape index (κ3) is 2.86. The highest BCUT2D eigenvalue weighted by Gasteiger charge is 2.59. The third-order valence-corrected chi connectivity index (χ3v) is 8.94. The van der Waals surface area contributed by atoms with E-state index in [1.807, 2.05) is 0 Å².